The number of rotatable bonds is 1. The van der Waals surface area contributed by atoms with Crippen LogP contribution in [0, 0.1) is 11.6 Å². The largest absolute Gasteiger partial charge is 0.351 e. The Hall–Kier alpha value is -1.69. The van der Waals surface area contributed by atoms with Crippen LogP contribution >= 0.6 is 0 Å². The van der Waals surface area contributed by atoms with Gasteiger partial charge in [-0.3, -0.25) is 0 Å². The lowest BCUT2D eigenvalue weighted by Gasteiger charge is -2.44. The maximum absolute atomic E-state index is 14.1. The molecule has 2 atom stereocenters. The van der Waals surface area contributed by atoms with E-state index in [9.17, 15) is 13.6 Å². The molecule has 102 valence electrons. The van der Waals surface area contributed by atoms with Crippen LogP contribution in [-0.4, -0.2) is 30.1 Å². The second kappa shape index (κ2) is 4.16. The van der Waals surface area contributed by atoms with Gasteiger partial charge in [0.25, 0.3) is 0 Å². The third kappa shape index (κ3) is 1.63. The van der Waals surface area contributed by atoms with Crippen molar-refractivity contribution in [3.63, 3.8) is 0 Å². The molecule has 3 N–H and O–H groups in total. The minimum absolute atomic E-state index is 0.0523. The summed E-state index contributed by atoms with van der Waals surface area (Å²) in [7, 11) is 0. The number of benzene rings is 1. The Morgan fingerprint density at radius 3 is 2.74 bits per heavy atom. The standard InChI is InChI=1S/C13H15F2N3O/c14-9-2-1-3-10(15)11(9)13-5-4-8(6-17-7-13)18(13)12(16)19/h1-3,8,17H,4-7H2,(H2,16,19). The Kier molecular flexibility index (Phi) is 2.70. The van der Waals surface area contributed by atoms with Gasteiger partial charge in [-0.05, 0) is 25.0 Å². The van der Waals surface area contributed by atoms with Crippen molar-refractivity contribution >= 4 is 6.03 Å². The van der Waals surface area contributed by atoms with E-state index in [-0.39, 0.29) is 11.6 Å². The first-order valence-electron chi connectivity index (χ1n) is 6.30. The fourth-order valence-electron chi connectivity index (χ4n) is 3.48. The fourth-order valence-corrected chi connectivity index (χ4v) is 3.48. The van der Waals surface area contributed by atoms with Gasteiger partial charge in [-0.1, -0.05) is 6.07 Å². The highest BCUT2D eigenvalue weighted by Crippen LogP contribution is 2.45. The van der Waals surface area contributed by atoms with Crippen LogP contribution in [0.15, 0.2) is 18.2 Å². The molecular formula is C13H15F2N3O. The van der Waals surface area contributed by atoms with Crippen LogP contribution in [0.4, 0.5) is 13.6 Å². The molecule has 2 bridgehead atoms. The van der Waals surface area contributed by atoms with Crippen LogP contribution < -0.4 is 11.1 Å². The molecule has 2 fully saturated rings. The first kappa shape index (κ1) is 12.3. The first-order chi connectivity index (χ1) is 9.06. The van der Waals surface area contributed by atoms with E-state index in [1.165, 1.54) is 23.1 Å². The van der Waals surface area contributed by atoms with Gasteiger partial charge in [-0.25, -0.2) is 13.6 Å². The Labute approximate surface area is 109 Å². The van der Waals surface area contributed by atoms with Crippen molar-refractivity contribution in [2.45, 2.75) is 24.4 Å². The van der Waals surface area contributed by atoms with Crippen LogP contribution in [0.2, 0.25) is 0 Å². The average molecular weight is 267 g/mol. The second-order valence-electron chi connectivity index (χ2n) is 5.16. The highest BCUT2D eigenvalue weighted by atomic mass is 19.1. The van der Waals surface area contributed by atoms with E-state index in [4.69, 9.17) is 5.73 Å². The van der Waals surface area contributed by atoms with E-state index in [0.717, 1.165) is 0 Å². The van der Waals surface area contributed by atoms with Gasteiger partial charge >= 0.3 is 6.03 Å². The predicted molar refractivity (Wildman–Crippen MR) is 65.4 cm³/mol. The predicted octanol–water partition coefficient (Wildman–Crippen LogP) is 1.31. The van der Waals surface area contributed by atoms with Gasteiger partial charge in [-0.2, -0.15) is 0 Å². The Balaban J connectivity index is 2.18. The second-order valence-corrected chi connectivity index (χ2v) is 5.16. The molecule has 2 aliphatic heterocycles. The molecule has 0 saturated carbocycles. The van der Waals surface area contributed by atoms with E-state index in [1.54, 1.807) is 0 Å². The van der Waals surface area contributed by atoms with Crippen molar-refractivity contribution in [2.75, 3.05) is 13.1 Å². The zero-order chi connectivity index (χ0) is 13.6. The minimum atomic E-state index is -0.996. The van der Waals surface area contributed by atoms with Gasteiger partial charge in [0.05, 0.1) is 11.1 Å². The lowest BCUT2D eigenvalue weighted by atomic mass is 9.86. The number of primary amides is 1. The number of piperazine rings is 1. The molecule has 3 rings (SSSR count). The molecule has 2 amide bonds. The maximum Gasteiger partial charge on any atom is 0.315 e. The molecule has 1 aromatic rings. The van der Waals surface area contributed by atoms with Gasteiger partial charge in [0.1, 0.15) is 11.6 Å². The van der Waals surface area contributed by atoms with Crippen molar-refractivity contribution in [2.24, 2.45) is 5.73 Å². The number of fused-ring (bicyclic) bond motifs is 2. The number of nitrogens with zero attached hydrogens (tertiary/aromatic N) is 1. The van der Waals surface area contributed by atoms with Crippen molar-refractivity contribution in [3.05, 3.63) is 35.4 Å². The molecule has 4 nitrogen and oxygen atoms in total. The van der Waals surface area contributed by atoms with Crippen LogP contribution in [0.5, 0.6) is 0 Å². The summed E-state index contributed by atoms with van der Waals surface area (Å²) in [6.45, 7) is 0.936. The molecule has 0 radical (unpaired) electrons. The van der Waals surface area contributed by atoms with Gasteiger partial charge < -0.3 is 16.0 Å². The summed E-state index contributed by atoms with van der Waals surface area (Å²) >= 11 is 0. The highest BCUT2D eigenvalue weighted by molar-refractivity contribution is 5.74. The summed E-state index contributed by atoms with van der Waals surface area (Å²) in [5.74, 6) is -1.26. The van der Waals surface area contributed by atoms with E-state index in [0.29, 0.717) is 25.9 Å². The smallest absolute Gasteiger partial charge is 0.315 e. The SMILES string of the molecule is NC(=O)N1C2CCC1(c1c(F)cccc1F)CNC2. The number of amides is 2. The van der Waals surface area contributed by atoms with Gasteiger partial charge in [0.15, 0.2) is 0 Å². The number of hydrogen-bond donors (Lipinski definition) is 2. The maximum atomic E-state index is 14.1. The number of urea groups is 1. The van der Waals surface area contributed by atoms with E-state index in [2.05, 4.69) is 5.32 Å². The Morgan fingerprint density at radius 2 is 2.11 bits per heavy atom. The number of halogens is 2. The van der Waals surface area contributed by atoms with Gasteiger partial charge in [0, 0.05) is 19.1 Å². The van der Waals surface area contributed by atoms with Crippen molar-refractivity contribution in [1.29, 1.82) is 0 Å². The Bertz CT molecular complexity index is 512. The van der Waals surface area contributed by atoms with Crippen molar-refractivity contribution in [3.8, 4) is 0 Å². The minimum Gasteiger partial charge on any atom is -0.351 e. The molecule has 0 spiro atoms. The molecule has 0 aromatic heterocycles. The molecule has 6 heteroatoms. The zero-order valence-electron chi connectivity index (χ0n) is 10.3. The van der Waals surface area contributed by atoms with Crippen molar-refractivity contribution in [1.82, 2.24) is 10.2 Å². The van der Waals surface area contributed by atoms with Crippen LogP contribution in [0.3, 0.4) is 0 Å². The fraction of sp³-hybridized carbons (Fsp3) is 0.462. The van der Waals surface area contributed by atoms with Gasteiger partial charge in [0.2, 0.25) is 0 Å². The van der Waals surface area contributed by atoms with Crippen LogP contribution in [-0.2, 0) is 5.54 Å². The summed E-state index contributed by atoms with van der Waals surface area (Å²) in [5.41, 5.74) is 4.38. The summed E-state index contributed by atoms with van der Waals surface area (Å²) in [5, 5.41) is 3.14. The first-order valence-corrected chi connectivity index (χ1v) is 6.30. The third-order valence-electron chi connectivity index (χ3n) is 4.18. The highest BCUT2D eigenvalue weighted by Gasteiger charge is 2.53. The average Bonchev–Trinajstić information content (AvgIpc) is 2.57. The topological polar surface area (TPSA) is 58.4 Å². The number of nitrogens with two attached hydrogens (primary N) is 1. The summed E-state index contributed by atoms with van der Waals surface area (Å²) in [4.78, 5) is 13.1. The molecule has 2 aliphatic rings. The molecule has 2 heterocycles. The monoisotopic (exact) mass is 267 g/mol. The zero-order valence-corrected chi connectivity index (χ0v) is 10.3. The number of carbonyl (C=O) groups excluding carboxylic acids is 1. The molecule has 0 aliphatic carbocycles. The molecule has 19 heavy (non-hydrogen) atoms. The Morgan fingerprint density at radius 1 is 1.42 bits per heavy atom. The van der Waals surface area contributed by atoms with Crippen LogP contribution in [0.25, 0.3) is 0 Å². The number of nitrogens with one attached hydrogen (secondary N) is 1. The molecule has 1 aromatic carbocycles. The number of carbonyl (C=O) groups is 1. The van der Waals surface area contributed by atoms with E-state index < -0.39 is 23.2 Å². The number of hydrogen-bond acceptors (Lipinski definition) is 2. The molecular weight excluding hydrogens is 252 g/mol. The normalized spacial score (nSPS) is 29.6. The summed E-state index contributed by atoms with van der Waals surface area (Å²) in [6, 6.07) is 3.04. The lowest BCUT2D eigenvalue weighted by Crippen LogP contribution is -2.62. The quantitative estimate of drug-likeness (QED) is 0.806. The summed E-state index contributed by atoms with van der Waals surface area (Å²) in [6.07, 6.45) is 1.22. The third-order valence-corrected chi connectivity index (χ3v) is 4.18. The van der Waals surface area contributed by atoms with Crippen molar-refractivity contribution < 1.29 is 13.6 Å². The van der Waals surface area contributed by atoms with Gasteiger partial charge in [-0.15, -0.1) is 0 Å². The molecule has 2 saturated heterocycles. The lowest BCUT2D eigenvalue weighted by molar-refractivity contribution is 0.0940. The molecule has 2 unspecified atom stereocenters. The summed E-state index contributed by atoms with van der Waals surface area (Å²) < 4.78 is 28.2. The van der Waals surface area contributed by atoms with Crippen LogP contribution in [0.1, 0.15) is 18.4 Å². The van der Waals surface area contributed by atoms with E-state index >= 15 is 0 Å². The van der Waals surface area contributed by atoms with E-state index in [1.807, 2.05) is 0 Å².